The minimum absolute atomic E-state index is 0.0288. The molecule has 3 aliphatic rings. The number of fused-ring (bicyclic) bond motifs is 2. The topological polar surface area (TPSA) is 74.0 Å². The molecule has 0 spiro atoms. The summed E-state index contributed by atoms with van der Waals surface area (Å²) in [6.45, 7) is 2.83. The summed E-state index contributed by atoms with van der Waals surface area (Å²) in [5.41, 5.74) is 5.48. The smallest absolute Gasteiger partial charge is 0.273 e. The van der Waals surface area contributed by atoms with Gasteiger partial charge in [0.15, 0.2) is 5.65 Å². The molecule has 7 rings (SSSR count). The Morgan fingerprint density at radius 3 is 2.64 bits per heavy atom. The first-order chi connectivity index (χ1) is 18.9. The number of hydrogen-bond acceptors (Lipinski definition) is 5. The molecule has 9 heteroatoms. The summed E-state index contributed by atoms with van der Waals surface area (Å²) >= 11 is 0. The Kier molecular flexibility index (Phi) is 5.66. The number of rotatable bonds is 4. The van der Waals surface area contributed by atoms with Crippen LogP contribution in [-0.4, -0.2) is 62.4 Å². The van der Waals surface area contributed by atoms with Gasteiger partial charge >= 0.3 is 0 Å². The number of halogens is 2. The lowest BCUT2D eigenvalue weighted by Gasteiger charge is -2.35. The molecule has 39 heavy (non-hydrogen) atoms. The zero-order chi connectivity index (χ0) is 26.8. The van der Waals surface area contributed by atoms with Crippen molar-refractivity contribution in [3.05, 3.63) is 82.9 Å². The highest BCUT2D eigenvalue weighted by atomic mass is 19.1. The van der Waals surface area contributed by atoms with Gasteiger partial charge in [0.2, 0.25) is 0 Å². The standard InChI is InChI=1S/C30H29F2N5O2/c1-17-21-5-3-2-4-18(21)10-11-36(17)30(39)26-13-27(19-6-7-19)37-29(33-26)14-25(34-37)22-9-8-20(12-23(22)31)35-15-24(32)28(38)16-35/h2-5,8-9,12-14,17,19,24,28,38H,6-7,10-11,15-16H2,1H3/t17-,24-,28-/m1/s1. The normalized spacial score (nSPS) is 22.9. The minimum Gasteiger partial charge on any atom is -0.388 e. The van der Waals surface area contributed by atoms with Gasteiger partial charge in [-0.15, -0.1) is 0 Å². The quantitative estimate of drug-likeness (QED) is 0.415. The third kappa shape index (κ3) is 4.16. The maximum atomic E-state index is 15.3. The summed E-state index contributed by atoms with van der Waals surface area (Å²) in [5, 5.41) is 14.4. The molecule has 0 radical (unpaired) electrons. The average Bonchev–Trinajstić information content (AvgIpc) is 3.61. The van der Waals surface area contributed by atoms with Crippen LogP contribution >= 0.6 is 0 Å². The van der Waals surface area contributed by atoms with Crippen LogP contribution in [-0.2, 0) is 6.42 Å². The van der Waals surface area contributed by atoms with Crippen molar-refractivity contribution in [1.82, 2.24) is 19.5 Å². The number of aromatic nitrogens is 3. The number of nitrogens with zero attached hydrogens (tertiary/aromatic N) is 5. The number of carbonyl (C=O) groups is 1. The molecule has 1 saturated carbocycles. The lowest BCUT2D eigenvalue weighted by molar-refractivity contribution is 0.0671. The molecule has 2 aromatic heterocycles. The van der Waals surface area contributed by atoms with Crippen molar-refractivity contribution in [2.45, 2.75) is 50.4 Å². The third-order valence-electron chi connectivity index (χ3n) is 8.34. The number of carbonyl (C=O) groups excluding carboxylic acids is 1. The average molecular weight is 530 g/mol. The van der Waals surface area contributed by atoms with Crippen molar-refractivity contribution in [1.29, 1.82) is 0 Å². The van der Waals surface area contributed by atoms with E-state index in [0.29, 0.717) is 34.8 Å². The van der Waals surface area contributed by atoms with E-state index in [1.165, 1.54) is 11.6 Å². The van der Waals surface area contributed by atoms with Crippen LogP contribution in [0.15, 0.2) is 54.6 Å². The number of amides is 1. The van der Waals surface area contributed by atoms with Crippen molar-refractivity contribution in [3.8, 4) is 11.3 Å². The first kappa shape index (κ1) is 24.2. The number of aliphatic hydroxyl groups is 1. The lowest BCUT2D eigenvalue weighted by Crippen LogP contribution is -2.39. The first-order valence-corrected chi connectivity index (χ1v) is 13.5. The first-order valence-electron chi connectivity index (χ1n) is 13.5. The van der Waals surface area contributed by atoms with Crippen LogP contribution in [0.4, 0.5) is 14.5 Å². The fraction of sp³-hybridized carbons (Fsp3) is 0.367. The molecule has 0 bridgehead atoms. The van der Waals surface area contributed by atoms with Crippen LogP contribution in [0.3, 0.4) is 0 Å². The summed E-state index contributed by atoms with van der Waals surface area (Å²) < 4.78 is 30.8. The van der Waals surface area contributed by atoms with E-state index in [-0.39, 0.29) is 31.0 Å². The predicted octanol–water partition coefficient (Wildman–Crippen LogP) is 4.69. The molecule has 1 N–H and O–H groups in total. The van der Waals surface area contributed by atoms with Crippen molar-refractivity contribution < 1.29 is 18.7 Å². The molecule has 2 aliphatic heterocycles. The molecule has 1 amide bonds. The molecule has 200 valence electrons. The van der Waals surface area contributed by atoms with E-state index >= 15 is 4.39 Å². The molecule has 3 atom stereocenters. The molecule has 4 aromatic rings. The third-order valence-corrected chi connectivity index (χ3v) is 8.34. The van der Waals surface area contributed by atoms with Crippen molar-refractivity contribution in [3.63, 3.8) is 0 Å². The number of benzene rings is 2. The molecule has 1 aliphatic carbocycles. The number of anilines is 1. The summed E-state index contributed by atoms with van der Waals surface area (Å²) in [6, 6.07) is 16.4. The summed E-state index contributed by atoms with van der Waals surface area (Å²) in [7, 11) is 0. The monoisotopic (exact) mass is 529 g/mol. The van der Waals surface area contributed by atoms with Gasteiger partial charge in [-0.05, 0) is 61.6 Å². The van der Waals surface area contributed by atoms with Gasteiger partial charge in [-0.1, -0.05) is 24.3 Å². The Bertz CT molecular complexity index is 1590. The highest BCUT2D eigenvalue weighted by Gasteiger charge is 2.33. The fourth-order valence-corrected chi connectivity index (χ4v) is 5.97. The molecule has 4 heterocycles. The Balaban J connectivity index is 1.22. The van der Waals surface area contributed by atoms with Gasteiger partial charge in [0.05, 0.1) is 18.3 Å². The second-order valence-electron chi connectivity index (χ2n) is 10.9. The number of aliphatic hydroxyl groups excluding tert-OH is 1. The summed E-state index contributed by atoms with van der Waals surface area (Å²) in [4.78, 5) is 21.9. The largest absolute Gasteiger partial charge is 0.388 e. The maximum absolute atomic E-state index is 15.3. The molecular weight excluding hydrogens is 500 g/mol. The Morgan fingerprint density at radius 1 is 1.08 bits per heavy atom. The lowest BCUT2D eigenvalue weighted by atomic mass is 9.93. The van der Waals surface area contributed by atoms with Gasteiger partial charge in [-0.2, -0.15) is 5.10 Å². The second kappa shape index (κ2) is 9.12. The van der Waals surface area contributed by atoms with Gasteiger partial charge in [0.25, 0.3) is 5.91 Å². The van der Waals surface area contributed by atoms with Crippen LogP contribution in [0, 0.1) is 5.82 Å². The molecule has 0 unspecified atom stereocenters. The molecule has 1 saturated heterocycles. The fourth-order valence-electron chi connectivity index (χ4n) is 5.97. The van der Waals surface area contributed by atoms with Gasteiger partial charge in [-0.25, -0.2) is 18.3 Å². The zero-order valence-electron chi connectivity index (χ0n) is 21.6. The van der Waals surface area contributed by atoms with Crippen molar-refractivity contribution >= 4 is 17.2 Å². The van der Waals surface area contributed by atoms with Crippen molar-refractivity contribution in [2.24, 2.45) is 0 Å². The highest BCUT2D eigenvalue weighted by molar-refractivity contribution is 5.93. The van der Waals surface area contributed by atoms with E-state index in [9.17, 15) is 14.3 Å². The van der Waals surface area contributed by atoms with E-state index in [4.69, 9.17) is 4.98 Å². The number of β-amino-alcohol motifs (C(OH)–C–C–N with tert-alkyl or cyclic N) is 1. The maximum Gasteiger partial charge on any atom is 0.273 e. The van der Waals surface area contributed by atoms with Gasteiger partial charge in [-0.3, -0.25) is 4.79 Å². The zero-order valence-corrected chi connectivity index (χ0v) is 21.6. The van der Waals surface area contributed by atoms with Crippen LogP contribution in [0.1, 0.15) is 59.0 Å². The SMILES string of the molecule is C[C@@H]1c2ccccc2CCN1C(=O)c1cc(C2CC2)n2nc(-c3ccc(N4C[C@@H](O)[C@H](F)C4)cc3F)cc2n1. The summed E-state index contributed by atoms with van der Waals surface area (Å²) in [6.07, 6.45) is 0.402. The predicted molar refractivity (Wildman–Crippen MR) is 143 cm³/mol. The van der Waals surface area contributed by atoms with E-state index < -0.39 is 18.1 Å². The van der Waals surface area contributed by atoms with Gasteiger partial charge < -0.3 is 14.9 Å². The minimum atomic E-state index is -1.35. The molecule has 2 aromatic carbocycles. The Labute approximate surface area is 224 Å². The molecule has 7 nitrogen and oxygen atoms in total. The van der Waals surface area contributed by atoms with Gasteiger partial charge in [0.1, 0.15) is 23.8 Å². The van der Waals surface area contributed by atoms with Gasteiger partial charge in [0, 0.05) is 42.0 Å². The number of hydrogen-bond donors (Lipinski definition) is 1. The number of alkyl halides is 1. The van der Waals surface area contributed by atoms with E-state index in [1.54, 1.807) is 27.6 Å². The van der Waals surface area contributed by atoms with E-state index in [0.717, 1.165) is 30.5 Å². The summed E-state index contributed by atoms with van der Waals surface area (Å²) in [5.74, 6) is -0.312. The van der Waals surface area contributed by atoms with Crippen LogP contribution in [0.5, 0.6) is 0 Å². The Hall–Kier alpha value is -3.85. The van der Waals surface area contributed by atoms with Crippen LogP contribution in [0.2, 0.25) is 0 Å². The van der Waals surface area contributed by atoms with E-state index in [2.05, 4.69) is 24.2 Å². The highest BCUT2D eigenvalue weighted by Crippen LogP contribution is 2.41. The van der Waals surface area contributed by atoms with E-state index in [1.807, 2.05) is 23.1 Å². The second-order valence-corrected chi connectivity index (χ2v) is 10.9. The van der Waals surface area contributed by atoms with Crippen LogP contribution in [0.25, 0.3) is 16.9 Å². The molecular formula is C30H29F2N5O2. The molecule has 2 fully saturated rings. The Morgan fingerprint density at radius 2 is 1.90 bits per heavy atom. The van der Waals surface area contributed by atoms with Crippen LogP contribution < -0.4 is 4.90 Å². The van der Waals surface area contributed by atoms with Crippen molar-refractivity contribution in [2.75, 3.05) is 24.5 Å².